The molecule has 0 spiro atoms. The van der Waals surface area contributed by atoms with Crippen LogP contribution in [0.3, 0.4) is 0 Å². The van der Waals surface area contributed by atoms with E-state index in [0.29, 0.717) is 12.5 Å². The standard InChI is InChI=1S/C18H24N4S/c1-22(2)17(15-8-9-23-12-15)11-20-18(19)21-16-7-6-13-4-3-5-14(13)10-16/h6-10,12,17H,3-5,11H2,1-2H3,(H3,19,20,21). The van der Waals surface area contributed by atoms with Crippen molar-refractivity contribution in [2.45, 2.75) is 25.3 Å². The highest BCUT2D eigenvalue weighted by molar-refractivity contribution is 7.07. The van der Waals surface area contributed by atoms with Crippen molar-refractivity contribution in [1.29, 1.82) is 0 Å². The number of thiophene rings is 1. The zero-order valence-electron chi connectivity index (χ0n) is 13.7. The number of nitrogens with zero attached hydrogens (tertiary/aromatic N) is 2. The zero-order chi connectivity index (χ0) is 16.2. The third kappa shape index (κ3) is 3.92. The van der Waals surface area contributed by atoms with Crippen molar-refractivity contribution in [2.75, 3.05) is 26.0 Å². The van der Waals surface area contributed by atoms with Gasteiger partial charge in [0, 0.05) is 5.69 Å². The molecule has 1 aliphatic rings. The van der Waals surface area contributed by atoms with Crippen molar-refractivity contribution >= 4 is 23.0 Å². The van der Waals surface area contributed by atoms with Crippen LogP contribution >= 0.6 is 11.3 Å². The number of rotatable bonds is 5. The number of hydrogen-bond acceptors (Lipinski definition) is 3. The second-order valence-corrected chi connectivity index (χ2v) is 7.00. The van der Waals surface area contributed by atoms with Crippen LogP contribution in [0, 0.1) is 0 Å². The van der Waals surface area contributed by atoms with E-state index in [0.717, 1.165) is 5.69 Å². The second-order valence-electron chi connectivity index (χ2n) is 6.22. The van der Waals surface area contributed by atoms with Gasteiger partial charge in [-0.05, 0) is 79.0 Å². The van der Waals surface area contributed by atoms with Gasteiger partial charge in [-0.15, -0.1) is 0 Å². The number of benzene rings is 1. The molecule has 1 aromatic carbocycles. The Hall–Kier alpha value is -1.85. The highest BCUT2D eigenvalue weighted by Gasteiger charge is 2.14. The van der Waals surface area contributed by atoms with Gasteiger partial charge in [0.05, 0.1) is 12.6 Å². The number of anilines is 1. The molecule has 1 aliphatic carbocycles. The fraction of sp³-hybridized carbons (Fsp3) is 0.389. The number of aliphatic imine (C=N–C) groups is 1. The summed E-state index contributed by atoms with van der Waals surface area (Å²) in [5, 5.41) is 7.49. The monoisotopic (exact) mass is 328 g/mol. The van der Waals surface area contributed by atoms with E-state index < -0.39 is 0 Å². The molecule has 5 heteroatoms. The molecule has 0 bridgehead atoms. The molecule has 1 unspecified atom stereocenters. The smallest absolute Gasteiger partial charge is 0.193 e. The minimum Gasteiger partial charge on any atom is -0.370 e. The van der Waals surface area contributed by atoms with Crippen molar-refractivity contribution in [3.63, 3.8) is 0 Å². The van der Waals surface area contributed by atoms with Crippen LogP contribution in [-0.4, -0.2) is 31.5 Å². The topological polar surface area (TPSA) is 53.6 Å². The van der Waals surface area contributed by atoms with Gasteiger partial charge in [-0.25, -0.2) is 0 Å². The lowest BCUT2D eigenvalue weighted by Gasteiger charge is -2.22. The summed E-state index contributed by atoms with van der Waals surface area (Å²) >= 11 is 1.71. The van der Waals surface area contributed by atoms with Crippen LogP contribution in [0.5, 0.6) is 0 Å². The predicted octanol–water partition coefficient (Wildman–Crippen LogP) is 3.27. The average molecular weight is 328 g/mol. The molecule has 0 amide bonds. The summed E-state index contributed by atoms with van der Waals surface area (Å²) < 4.78 is 0. The predicted molar refractivity (Wildman–Crippen MR) is 99.3 cm³/mol. The summed E-state index contributed by atoms with van der Waals surface area (Å²) in [5.74, 6) is 0.477. The van der Waals surface area contributed by atoms with E-state index in [1.54, 1.807) is 11.3 Å². The third-order valence-electron chi connectivity index (χ3n) is 4.36. The molecule has 1 atom stereocenters. The third-order valence-corrected chi connectivity index (χ3v) is 5.06. The van der Waals surface area contributed by atoms with E-state index in [-0.39, 0.29) is 6.04 Å². The van der Waals surface area contributed by atoms with Gasteiger partial charge in [-0.3, -0.25) is 4.99 Å². The van der Waals surface area contributed by atoms with E-state index in [9.17, 15) is 0 Å². The normalized spacial score (nSPS) is 15.7. The molecule has 0 saturated carbocycles. The Kier molecular flexibility index (Phi) is 4.98. The fourth-order valence-electron chi connectivity index (χ4n) is 3.05. The maximum absolute atomic E-state index is 6.08. The molecule has 0 saturated heterocycles. The maximum atomic E-state index is 6.08. The highest BCUT2D eigenvalue weighted by atomic mass is 32.1. The Labute approximate surface area is 142 Å². The summed E-state index contributed by atoms with van der Waals surface area (Å²) in [4.78, 5) is 6.71. The molecule has 23 heavy (non-hydrogen) atoms. The molecule has 2 aromatic rings. The molecule has 122 valence electrons. The lowest BCUT2D eigenvalue weighted by atomic mass is 10.1. The van der Waals surface area contributed by atoms with Crippen LogP contribution in [0.4, 0.5) is 5.69 Å². The summed E-state index contributed by atoms with van der Waals surface area (Å²) in [5.41, 5.74) is 11.3. The average Bonchev–Trinajstić information content (AvgIpc) is 3.17. The molecule has 1 heterocycles. The van der Waals surface area contributed by atoms with Crippen LogP contribution in [0.15, 0.2) is 40.0 Å². The first-order chi connectivity index (χ1) is 11.1. The first kappa shape index (κ1) is 16.0. The molecule has 1 aromatic heterocycles. The molecular weight excluding hydrogens is 304 g/mol. The van der Waals surface area contributed by atoms with E-state index in [1.807, 2.05) is 0 Å². The van der Waals surface area contributed by atoms with Crippen molar-refractivity contribution in [2.24, 2.45) is 10.7 Å². The molecule has 0 aliphatic heterocycles. The van der Waals surface area contributed by atoms with Gasteiger partial charge in [0.1, 0.15) is 0 Å². The van der Waals surface area contributed by atoms with Gasteiger partial charge >= 0.3 is 0 Å². The second kappa shape index (κ2) is 7.15. The fourth-order valence-corrected chi connectivity index (χ4v) is 3.76. The van der Waals surface area contributed by atoms with Crippen LogP contribution in [0.1, 0.15) is 29.2 Å². The van der Waals surface area contributed by atoms with Crippen molar-refractivity contribution in [3.05, 3.63) is 51.7 Å². The van der Waals surface area contributed by atoms with Crippen LogP contribution in [0.2, 0.25) is 0 Å². The van der Waals surface area contributed by atoms with Gasteiger partial charge in [0.2, 0.25) is 0 Å². The molecule has 4 nitrogen and oxygen atoms in total. The van der Waals surface area contributed by atoms with Crippen LogP contribution in [-0.2, 0) is 12.8 Å². The van der Waals surface area contributed by atoms with E-state index >= 15 is 0 Å². The van der Waals surface area contributed by atoms with Crippen molar-refractivity contribution in [1.82, 2.24) is 4.90 Å². The van der Waals surface area contributed by atoms with Crippen LogP contribution in [0.25, 0.3) is 0 Å². The number of likely N-dealkylation sites (N-methyl/N-ethyl adjacent to an activating group) is 1. The Morgan fingerprint density at radius 1 is 1.30 bits per heavy atom. The van der Waals surface area contributed by atoms with Crippen LogP contribution < -0.4 is 11.1 Å². The number of guanidine groups is 1. The number of hydrogen-bond donors (Lipinski definition) is 2. The van der Waals surface area contributed by atoms with E-state index in [1.165, 1.54) is 36.0 Å². The first-order valence-corrected chi connectivity index (χ1v) is 8.95. The number of fused-ring (bicyclic) bond motifs is 1. The Morgan fingerprint density at radius 3 is 2.87 bits per heavy atom. The van der Waals surface area contributed by atoms with Gasteiger partial charge in [-0.2, -0.15) is 11.3 Å². The summed E-state index contributed by atoms with van der Waals surface area (Å²) in [7, 11) is 4.14. The Bertz CT molecular complexity index is 676. The quantitative estimate of drug-likeness (QED) is 0.654. The minimum atomic E-state index is 0.252. The minimum absolute atomic E-state index is 0.252. The molecule has 3 rings (SSSR count). The van der Waals surface area contributed by atoms with Gasteiger partial charge < -0.3 is 16.0 Å². The summed E-state index contributed by atoms with van der Waals surface area (Å²) in [6, 6.07) is 8.89. The van der Waals surface area contributed by atoms with Crippen molar-refractivity contribution < 1.29 is 0 Å². The Balaban J connectivity index is 1.65. The van der Waals surface area contributed by atoms with E-state index in [2.05, 4.69) is 64.3 Å². The van der Waals surface area contributed by atoms with E-state index in [4.69, 9.17) is 5.73 Å². The molecule has 3 N–H and O–H groups in total. The number of nitrogens with two attached hydrogens (primary N) is 1. The van der Waals surface area contributed by atoms with Gasteiger partial charge in [0.15, 0.2) is 5.96 Å². The number of aryl methyl sites for hydroxylation is 2. The Morgan fingerprint density at radius 2 is 2.13 bits per heavy atom. The maximum Gasteiger partial charge on any atom is 0.193 e. The highest BCUT2D eigenvalue weighted by Crippen LogP contribution is 2.25. The summed E-state index contributed by atoms with van der Waals surface area (Å²) in [6.07, 6.45) is 3.63. The SMILES string of the molecule is CN(C)C(CN=C(N)Nc1ccc2c(c1)CCC2)c1ccsc1. The van der Waals surface area contributed by atoms with Crippen molar-refractivity contribution in [3.8, 4) is 0 Å². The lowest BCUT2D eigenvalue weighted by molar-refractivity contribution is 0.307. The van der Waals surface area contributed by atoms with Gasteiger partial charge in [-0.1, -0.05) is 6.07 Å². The lowest BCUT2D eigenvalue weighted by Crippen LogP contribution is -2.27. The molecule has 0 radical (unpaired) electrons. The first-order valence-electron chi connectivity index (χ1n) is 8.01. The molecule has 0 fully saturated rings. The number of nitrogens with one attached hydrogen (secondary N) is 1. The largest absolute Gasteiger partial charge is 0.370 e. The summed E-state index contributed by atoms with van der Waals surface area (Å²) in [6.45, 7) is 0.646. The zero-order valence-corrected chi connectivity index (χ0v) is 14.6. The molecular formula is C18H24N4S. The van der Waals surface area contributed by atoms with Gasteiger partial charge in [0.25, 0.3) is 0 Å².